The molecule has 3 nitrogen and oxygen atoms in total. The average Bonchev–Trinajstić information content (AvgIpc) is 3.03. The van der Waals surface area contributed by atoms with Gasteiger partial charge in [-0.1, -0.05) is 60.7 Å². The number of fused-ring (bicyclic) bond motifs is 1. The molecule has 150 valence electrons. The summed E-state index contributed by atoms with van der Waals surface area (Å²) in [5.74, 6) is 0.0872. The van der Waals surface area contributed by atoms with Crippen LogP contribution in [0.1, 0.15) is 42.0 Å². The number of carboxylic acids is 1. The van der Waals surface area contributed by atoms with E-state index in [-0.39, 0.29) is 6.42 Å². The van der Waals surface area contributed by atoms with E-state index in [1.807, 2.05) is 48.5 Å². The Balaban J connectivity index is 1.61. The molecule has 0 radical (unpaired) electrons. The van der Waals surface area contributed by atoms with E-state index >= 15 is 0 Å². The van der Waals surface area contributed by atoms with Crippen LogP contribution in [0.5, 0.6) is 5.75 Å². The van der Waals surface area contributed by atoms with Crippen LogP contribution in [0.3, 0.4) is 0 Å². The maximum absolute atomic E-state index is 11.1. The monoisotopic (exact) mass is 396 g/mol. The summed E-state index contributed by atoms with van der Waals surface area (Å²) in [6.45, 7) is 2.60. The quantitative estimate of drug-likeness (QED) is 0.499. The van der Waals surface area contributed by atoms with Crippen LogP contribution in [0.4, 0.5) is 0 Å². The number of para-hydroxylation sites is 1. The number of hydrogen-bond donors (Lipinski definition) is 1. The van der Waals surface area contributed by atoms with Gasteiger partial charge in [-0.2, -0.15) is 0 Å². The molecule has 3 heteroatoms. The largest absolute Gasteiger partial charge is 0.489 e. The maximum atomic E-state index is 11.1. The molecule has 0 bridgehead atoms. The lowest BCUT2D eigenvalue weighted by Crippen LogP contribution is -1.95. The first kappa shape index (κ1) is 19.7. The van der Waals surface area contributed by atoms with E-state index in [1.165, 1.54) is 5.56 Å². The molecule has 3 aromatic carbocycles. The highest BCUT2D eigenvalue weighted by atomic mass is 16.5. The zero-order valence-corrected chi connectivity index (χ0v) is 17.0. The predicted molar refractivity (Wildman–Crippen MR) is 121 cm³/mol. The maximum Gasteiger partial charge on any atom is 0.303 e. The van der Waals surface area contributed by atoms with Gasteiger partial charge in [0.25, 0.3) is 0 Å². The van der Waals surface area contributed by atoms with E-state index in [1.54, 1.807) is 0 Å². The molecule has 0 saturated heterocycles. The standard InChI is InChI=1S/C27H24O3/c1-19-23(14-15-27(28)29)24-12-5-6-13-25(24)26(19)17-20-8-7-9-21(16-20)18-30-22-10-3-2-4-11-22/h2-13,16-17H,14-15,18H2,1H3,(H,28,29)/b26-17-. The molecule has 1 N–H and O–H groups in total. The Morgan fingerprint density at radius 2 is 1.67 bits per heavy atom. The Bertz CT molecular complexity index is 1120. The topological polar surface area (TPSA) is 46.5 Å². The fourth-order valence-corrected chi connectivity index (χ4v) is 3.91. The summed E-state index contributed by atoms with van der Waals surface area (Å²) in [5.41, 5.74) is 7.96. The van der Waals surface area contributed by atoms with E-state index in [9.17, 15) is 4.79 Å². The molecule has 4 rings (SSSR count). The lowest BCUT2D eigenvalue weighted by molar-refractivity contribution is -0.136. The fourth-order valence-electron chi connectivity index (χ4n) is 3.91. The third-order valence-electron chi connectivity index (χ3n) is 5.40. The zero-order chi connectivity index (χ0) is 20.9. The van der Waals surface area contributed by atoms with Gasteiger partial charge in [0.1, 0.15) is 12.4 Å². The van der Waals surface area contributed by atoms with Crippen LogP contribution in [0.15, 0.2) is 84.4 Å². The fraction of sp³-hybridized carbons (Fsp3) is 0.148. The molecule has 3 aromatic rings. The van der Waals surface area contributed by atoms with E-state index in [0.717, 1.165) is 39.2 Å². The van der Waals surface area contributed by atoms with Gasteiger partial charge >= 0.3 is 5.97 Å². The van der Waals surface area contributed by atoms with Crippen LogP contribution < -0.4 is 4.74 Å². The van der Waals surface area contributed by atoms with Crippen molar-refractivity contribution in [2.45, 2.75) is 26.4 Å². The summed E-state index contributed by atoms with van der Waals surface area (Å²) in [4.78, 5) is 11.1. The molecule has 30 heavy (non-hydrogen) atoms. The van der Waals surface area contributed by atoms with Gasteiger partial charge in [-0.05, 0) is 76.6 Å². The van der Waals surface area contributed by atoms with Crippen LogP contribution in [0.25, 0.3) is 17.2 Å². The SMILES string of the molecule is CC1=C(CCC(=O)O)c2ccccc2/C1=C\c1cccc(COc2ccccc2)c1. The van der Waals surface area contributed by atoms with Crippen molar-refractivity contribution in [1.29, 1.82) is 0 Å². The van der Waals surface area contributed by atoms with Gasteiger partial charge in [0, 0.05) is 6.42 Å². The molecular formula is C27H24O3. The molecule has 0 aliphatic heterocycles. The molecule has 0 atom stereocenters. The van der Waals surface area contributed by atoms with Gasteiger partial charge in [-0.25, -0.2) is 0 Å². The number of allylic oxidation sites excluding steroid dienone is 3. The molecule has 0 saturated carbocycles. The third-order valence-corrected chi connectivity index (χ3v) is 5.40. The number of rotatable bonds is 7. The van der Waals surface area contributed by atoms with Crippen LogP contribution >= 0.6 is 0 Å². The summed E-state index contributed by atoms with van der Waals surface area (Å²) < 4.78 is 5.88. The van der Waals surface area contributed by atoms with Crippen LogP contribution in [-0.4, -0.2) is 11.1 Å². The number of carbonyl (C=O) groups is 1. The van der Waals surface area contributed by atoms with E-state index in [4.69, 9.17) is 9.84 Å². The lowest BCUT2D eigenvalue weighted by Gasteiger charge is -2.08. The molecule has 0 fully saturated rings. The molecule has 0 heterocycles. The Labute approximate surface area is 177 Å². The Morgan fingerprint density at radius 1 is 0.933 bits per heavy atom. The predicted octanol–water partition coefficient (Wildman–Crippen LogP) is 6.46. The van der Waals surface area contributed by atoms with Crippen molar-refractivity contribution in [3.8, 4) is 5.75 Å². The van der Waals surface area contributed by atoms with Crippen molar-refractivity contribution < 1.29 is 14.6 Å². The highest BCUT2D eigenvalue weighted by Gasteiger charge is 2.23. The van der Waals surface area contributed by atoms with Crippen molar-refractivity contribution in [2.75, 3.05) is 0 Å². The molecule has 1 aliphatic rings. The summed E-state index contributed by atoms with van der Waals surface area (Å²) in [6.07, 6.45) is 2.87. The molecule has 0 amide bonds. The molecule has 0 aromatic heterocycles. The first-order valence-corrected chi connectivity index (χ1v) is 10.1. The second-order valence-electron chi connectivity index (χ2n) is 7.45. The molecule has 0 spiro atoms. The third kappa shape index (κ3) is 4.36. The van der Waals surface area contributed by atoms with Crippen molar-refractivity contribution in [1.82, 2.24) is 0 Å². The normalized spacial score (nSPS) is 14.1. The van der Waals surface area contributed by atoms with E-state index < -0.39 is 5.97 Å². The van der Waals surface area contributed by atoms with Crippen molar-refractivity contribution in [2.24, 2.45) is 0 Å². The summed E-state index contributed by atoms with van der Waals surface area (Å²) in [5, 5.41) is 9.12. The summed E-state index contributed by atoms with van der Waals surface area (Å²) in [6, 6.07) is 26.4. The number of hydrogen-bond acceptors (Lipinski definition) is 2. The van der Waals surface area contributed by atoms with Crippen molar-refractivity contribution >= 4 is 23.2 Å². The van der Waals surface area contributed by atoms with Crippen molar-refractivity contribution in [3.63, 3.8) is 0 Å². The average molecular weight is 396 g/mol. The molecule has 1 aliphatic carbocycles. The van der Waals surface area contributed by atoms with Gasteiger partial charge in [-0.3, -0.25) is 4.79 Å². The zero-order valence-electron chi connectivity index (χ0n) is 17.0. The smallest absolute Gasteiger partial charge is 0.303 e. The number of aliphatic carboxylic acids is 1. The van der Waals surface area contributed by atoms with Crippen LogP contribution in [0, 0.1) is 0 Å². The van der Waals surface area contributed by atoms with Gasteiger partial charge in [0.2, 0.25) is 0 Å². The van der Waals surface area contributed by atoms with Gasteiger partial charge in [-0.15, -0.1) is 0 Å². The Morgan fingerprint density at radius 3 is 2.43 bits per heavy atom. The van der Waals surface area contributed by atoms with E-state index in [0.29, 0.717) is 13.0 Å². The molecular weight excluding hydrogens is 372 g/mol. The van der Waals surface area contributed by atoms with Gasteiger partial charge in [0.05, 0.1) is 0 Å². The first-order chi connectivity index (χ1) is 14.6. The lowest BCUT2D eigenvalue weighted by atomic mass is 10.00. The Hall–Kier alpha value is -3.59. The highest BCUT2D eigenvalue weighted by molar-refractivity contribution is 6.05. The van der Waals surface area contributed by atoms with Crippen LogP contribution in [0.2, 0.25) is 0 Å². The number of carboxylic acid groups (broad SMARTS) is 1. The summed E-state index contributed by atoms with van der Waals surface area (Å²) in [7, 11) is 0. The first-order valence-electron chi connectivity index (χ1n) is 10.1. The van der Waals surface area contributed by atoms with E-state index in [2.05, 4.69) is 43.3 Å². The second kappa shape index (κ2) is 8.83. The molecule has 0 unspecified atom stereocenters. The Kier molecular flexibility index (Phi) is 5.80. The van der Waals surface area contributed by atoms with Crippen molar-refractivity contribution in [3.05, 3.63) is 107 Å². The minimum atomic E-state index is -0.767. The highest BCUT2D eigenvalue weighted by Crippen LogP contribution is 2.43. The van der Waals surface area contributed by atoms with Gasteiger partial charge in [0.15, 0.2) is 0 Å². The minimum Gasteiger partial charge on any atom is -0.489 e. The van der Waals surface area contributed by atoms with Gasteiger partial charge < -0.3 is 9.84 Å². The van der Waals surface area contributed by atoms with Crippen LogP contribution in [-0.2, 0) is 11.4 Å². The number of ether oxygens (including phenoxy) is 1. The summed E-state index contributed by atoms with van der Waals surface area (Å²) >= 11 is 0. The minimum absolute atomic E-state index is 0.139. The second-order valence-corrected chi connectivity index (χ2v) is 7.45. The number of benzene rings is 3.